The van der Waals surface area contributed by atoms with Gasteiger partial charge in [-0.2, -0.15) is 0 Å². The molecule has 0 aromatic rings. The first kappa shape index (κ1) is 13.5. The molecule has 16 heavy (non-hydrogen) atoms. The van der Waals surface area contributed by atoms with E-state index in [0.29, 0.717) is 31.6 Å². The van der Waals surface area contributed by atoms with E-state index in [1.165, 1.54) is 0 Å². The smallest absolute Gasteiger partial charge is 0.323 e. The molecule has 0 heterocycles. The first-order valence-electron chi connectivity index (χ1n) is 6.03. The third kappa shape index (κ3) is 4.49. The zero-order valence-electron chi connectivity index (χ0n) is 10.5. The van der Waals surface area contributed by atoms with Gasteiger partial charge in [-0.15, -0.1) is 0 Å². The predicted molar refractivity (Wildman–Crippen MR) is 62.5 cm³/mol. The van der Waals surface area contributed by atoms with Crippen LogP contribution in [0.25, 0.3) is 0 Å². The number of ether oxygens (including phenoxy) is 1. The minimum Gasteiger partial charge on any atom is -0.480 e. The van der Waals surface area contributed by atoms with Gasteiger partial charge in [-0.1, -0.05) is 13.8 Å². The molecule has 2 N–H and O–H groups in total. The average Bonchev–Trinajstić information content (AvgIpc) is 2.96. The molecule has 1 rings (SSSR count). The number of carboxylic acid groups (broad SMARTS) is 1. The molecule has 0 spiro atoms. The molecular formula is C12H23NO3. The summed E-state index contributed by atoms with van der Waals surface area (Å²) >= 11 is 0. The quantitative estimate of drug-likeness (QED) is 0.621. The molecule has 1 atom stereocenters. The largest absolute Gasteiger partial charge is 0.480 e. The number of nitrogens with one attached hydrogen (secondary N) is 1. The number of hydrogen-bond acceptors (Lipinski definition) is 3. The van der Waals surface area contributed by atoms with Crippen molar-refractivity contribution in [2.24, 2.45) is 5.92 Å². The van der Waals surface area contributed by atoms with Gasteiger partial charge in [-0.25, -0.2) is 0 Å². The number of rotatable bonds is 8. The predicted octanol–water partition coefficient (Wildman–Crippen LogP) is 1.64. The van der Waals surface area contributed by atoms with Crippen molar-refractivity contribution in [3.05, 3.63) is 0 Å². The summed E-state index contributed by atoms with van der Waals surface area (Å²) in [5, 5.41) is 12.4. The minimum atomic E-state index is -0.835. The summed E-state index contributed by atoms with van der Waals surface area (Å²) in [4.78, 5) is 11.2. The van der Waals surface area contributed by atoms with Gasteiger partial charge in [0.15, 0.2) is 0 Å². The molecule has 4 nitrogen and oxygen atoms in total. The first-order valence-corrected chi connectivity index (χ1v) is 6.03. The molecule has 4 heteroatoms. The molecule has 1 aliphatic carbocycles. The summed E-state index contributed by atoms with van der Waals surface area (Å²) in [6, 6.07) is 0.395. The van der Waals surface area contributed by atoms with E-state index in [9.17, 15) is 9.90 Å². The van der Waals surface area contributed by atoms with Crippen molar-refractivity contribution < 1.29 is 14.6 Å². The molecule has 94 valence electrons. The Bertz CT molecular complexity index is 238. The van der Waals surface area contributed by atoms with Gasteiger partial charge in [0, 0.05) is 19.3 Å². The molecule has 1 aliphatic rings. The van der Waals surface area contributed by atoms with Crippen molar-refractivity contribution in [1.82, 2.24) is 5.32 Å². The third-order valence-electron chi connectivity index (χ3n) is 2.77. The fraction of sp³-hybridized carbons (Fsp3) is 0.917. The van der Waals surface area contributed by atoms with Crippen LogP contribution >= 0.6 is 0 Å². The zero-order chi connectivity index (χ0) is 12.2. The van der Waals surface area contributed by atoms with E-state index in [4.69, 9.17) is 4.74 Å². The van der Waals surface area contributed by atoms with Crippen molar-refractivity contribution in [1.29, 1.82) is 0 Å². The Morgan fingerprint density at radius 3 is 2.62 bits per heavy atom. The van der Waals surface area contributed by atoms with E-state index >= 15 is 0 Å². The second kappa shape index (κ2) is 5.64. The molecule has 0 aliphatic heterocycles. The van der Waals surface area contributed by atoms with Crippen LogP contribution in [0.2, 0.25) is 0 Å². The van der Waals surface area contributed by atoms with E-state index in [2.05, 4.69) is 19.2 Å². The topological polar surface area (TPSA) is 58.6 Å². The van der Waals surface area contributed by atoms with Gasteiger partial charge in [-0.05, 0) is 32.1 Å². The van der Waals surface area contributed by atoms with Crippen molar-refractivity contribution in [3.8, 4) is 0 Å². The van der Waals surface area contributed by atoms with Crippen LogP contribution in [0.3, 0.4) is 0 Å². The third-order valence-corrected chi connectivity index (χ3v) is 2.77. The SMILES string of the molecule is CC(C)COCCC(C)(NC1CC1)C(=O)O. The van der Waals surface area contributed by atoms with Gasteiger partial charge in [0.2, 0.25) is 0 Å². The maximum absolute atomic E-state index is 11.2. The Labute approximate surface area is 97.4 Å². The lowest BCUT2D eigenvalue weighted by Crippen LogP contribution is -2.51. The van der Waals surface area contributed by atoms with Crippen LogP contribution in [-0.4, -0.2) is 35.9 Å². The van der Waals surface area contributed by atoms with E-state index < -0.39 is 11.5 Å². The summed E-state index contributed by atoms with van der Waals surface area (Å²) in [7, 11) is 0. The maximum atomic E-state index is 11.2. The van der Waals surface area contributed by atoms with Gasteiger partial charge in [0.05, 0.1) is 0 Å². The minimum absolute atomic E-state index is 0.395. The number of carboxylic acids is 1. The lowest BCUT2D eigenvalue weighted by Gasteiger charge is -2.26. The average molecular weight is 229 g/mol. The fourth-order valence-corrected chi connectivity index (χ4v) is 1.51. The summed E-state index contributed by atoms with van der Waals surface area (Å²) in [5.41, 5.74) is -0.835. The Balaban J connectivity index is 2.29. The number of aliphatic carboxylic acids is 1. The lowest BCUT2D eigenvalue weighted by atomic mass is 9.98. The van der Waals surface area contributed by atoms with Gasteiger partial charge >= 0.3 is 5.97 Å². The van der Waals surface area contributed by atoms with Crippen LogP contribution in [0.4, 0.5) is 0 Å². The summed E-state index contributed by atoms with van der Waals surface area (Å²) in [6.07, 6.45) is 2.71. The Hall–Kier alpha value is -0.610. The molecular weight excluding hydrogens is 206 g/mol. The highest BCUT2D eigenvalue weighted by Crippen LogP contribution is 2.24. The van der Waals surface area contributed by atoms with E-state index in [1.54, 1.807) is 6.92 Å². The lowest BCUT2D eigenvalue weighted by molar-refractivity contribution is -0.145. The van der Waals surface area contributed by atoms with Crippen molar-refractivity contribution >= 4 is 5.97 Å². The van der Waals surface area contributed by atoms with Crippen LogP contribution in [0.5, 0.6) is 0 Å². The molecule has 1 fully saturated rings. The number of carbonyl (C=O) groups is 1. The first-order chi connectivity index (χ1) is 7.44. The van der Waals surface area contributed by atoms with Crippen molar-refractivity contribution in [3.63, 3.8) is 0 Å². The summed E-state index contributed by atoms with van der Waals surface area (Å²) in [6.45, 7) is 7.10. The second-order valence-electron chi connectivity index (χ2n) is 5.27. The highest BCUT2D eigenvalue weighted by atomic mass is 16.5. The Kier molecular flexibility index (Phi) is 4.74. The van der Waals surface area contributed by atoms with Crippen LogP contribution in [-0.2, 0) is 9.53 Å². The molecule has 0 aromatic carbocycles. The van der Waals surface area contributed by atoms with E-state index in [1.807, 2.05) is 0 Å². The van der Waals surface area contributed by atoms with Gasteiger partial charge in [0.25, 0.3) is 0 Å². The van der Waals surface area contributed by atoms with Crippen LogP contribution in [0.15, 0.2) is 0 Å². The monoisotopic (exact) mass is 229 g/mol. The highest BCUT2D eigenvalue weighted by molar-refractivity contribution is 5.78. The molecule has 0 aromatic heterocycles. The normalized spacial score (nSPS) is 19.8. The molecule has 1 saturated carbocycles. The van der Waals surface area contributed by atoms with E-state index in [0.717, 1.165) is 12.8 Å². The van der Waals surface area contributed by atoms with Gasteiger partial charge in [0.1, 0.15) is 5.54 Å². The van der Waals surface area contributed by atoms with Crippen molar-refractivity contribution in [2.45, 2.75) is 51.6 Å². The van der Waals surface area contributed by atoms with Crippen LogP contribution in [0.1, 0.15) is 40.0 Å². The standard InChI is InChI=1S/C12H23NO3/c1-9(2)8-16-7-6-12(3,11(14)15)13-10-4-5-10/h9-10,13H,4-8H2,1-3H3,(H,14,15). The van der Waals surface area contributed by atoms with Crippen LogP contribution < -0.4 is 5.32 Å². The number of hydrogen-bond donors (Lipinski definition) is 2. The molecule has 0 radical (unpaired) electrons. The zero-order valence-corrected chi connectivity index (χ0v) is 10.5. The molecule has 1 unspecified atom stereocenters. The Morgan fingerprint density at radius 2 is 2.19 bits per heavy atom. The summed E-state index contributed by atoms with van der Waals surface area (Å²) < 4.78 is 5.44. The van der Waals surface area contributed by atoms with Crippen LogP contribution in [0, 0.1) is 5.92 Å². The van der Waals surface area contributed by atoms with E-state index in [-0.39, 0.29) is 0 Å². The highest BCUT2D eigenvalue weighted by Gasteiger charge is 2.38. The Morgan fingerprint density at radius 1 is 1.56 bits per heavy atom. The fourth-order valence-electron chi connectivity index (χ4n) is 1.51. The molecule has 0 amide bonds. The molecule has 0 saturated heterocycles. The molecule has 0 bridgehead atoms. The van der Waals surface area contributed by atoms with Gasteiger partial charge < -0.3 is 9.84 Å². The summed E-state index contributed by atoms with van der Waals surface area (Å²) in [5.74, 6) is -0.292. The van der Waals surface area contributed by atoms with Gasteiger partial charge in [-0.3, -0.25) is 10.1 Å². The second-order valence-corrected chi connectivity index (χ2v) is 5.27. The van der Waals surface area contributed by atoms with Crippen molar-refractivity contribution in [2.75, 3.05) is 13.2 Å². The maximum Gasteiger partial charge on any atom is 0.323 e.